The molecule has 2 aromatic carbocycles. The van der Waals surface area contributed by atoms with Crippen LogP contribution < -0.4 is 16.1 Å². The van der Waals surface area contributed by atoms with E-state index in [2.05, 4.69) is 30.5 Å². The second-order valence-corrected chi connectivity index (χ2v) is 9.16. The second kappa shape index (κ2) is 13.1. The van der Waals surface area contributed by atoms with Crippen molar-refractivity contribution in [3.63, 3.8) is 0 Å². The van der Waals surface area contributed by atoms with E-state index >= 15 is 0 Å². The number of carbonyl (C=O) groups is 2. The molecule has 1 atom stereocenters. The SMILES string of the molecule is CC.CC1(C)CCNCC1.O=CNc1cccc(-c2ccc3c(c2)CCC(C(=O)NO)C3)c1. The number of piperidine rings is 1. The second-order valence-electron chi connectivity index (χ2n) is 9.16. The van der Waals surface area contributed by atoms with Crippen LogP contribution in [-0.2, 0) is 22.4 Å². The van der Waals surface area contributed by atoms with Gasteiger partial charge in [0.05, 0.1) is 0 Å². The van der Waals surface area contributed by atoms with Gasteiger partial charge in [-0.05, 0) is 85.0 Å². The molecule has 4 N–H and O–H groups in total. The lowest BCUT2D eigenvalue weighted by Crippen LogP contribution is -2.32. The van der Waals surface area contributed by atoms with Crippen molar-refractivity contribution in [2.45, 2.75) is 59.8 Å². The first-order chi connectivity index (χ1) is 15.9. The highest BCUT2D eigenvalue weighted by Crippen LogP contribution is 2.31. The Morgan fingerprint density at radius 1 is 1.06 bits per heavy atom. The third kappa shape index (κ3) is 7.98. The summed E-state index contributed by atoms with van der Waals surface area (Å²) in [6.07, 6.45) is 5.54. The van der Waals surface area contributed by atoms with Gasteiger partial charge in [0.15, 0.2) is 0 Å². The zero-order chi connectivity index (χ0) is 24.3. The van der Waals surface area contributed by atoms with Crippen molar-refractivity contribution in [2.24, 2.45) is 11.3 Å². The summed E-state index contributed by atoms with van der Waals surface area (Å²) in [5.41, 5.74) is 7.63. The molecule has 0 saturated carbocycles. The summed E-state index contributed by atoms with van der Waals surface area (Å²) in [7, 11) is 0. The van der Waals surface area contributed by atoms with E-state index in [4.69, 9.17) is 5.21 Å². The first kappa shape index (κ1) is 26.6. The molecule has 180 valence electrons. The van der Waals surface area contributed by atoms with E-state index in [0.717, 1.165) is 35.2 Å². The van der Waals surface area contributed by atoms with Crippen LogP contribution in [0.25, 0.3) is 11.1 Å². The summed E-state index contributed by atoms with van der Waals surface area (Å²) in [5.74, 6) is -0.481. The van der Waals surface area contributed by atoms with Crippen LogP contribution in [0.15, 0.2) is 42.5 Å². The Bertz CT molecular complexity index is 903. The van der Waals surface area contributed by atoms with Crippen molar-refractivity contribution < 1.29 is 14.8 Å². The lowest BCUT2D eigenvalue weighted by atomic mass is 9.82. The van der Waals surface area contributed by atoms with E-state index in [1.165, 1.54) is 31.5 Å². The number of carbonyl (C=O) groups excluding carboxylic acids is 2. The first-order valence-electron chi connectivity index (χ1n) is 12.0. The van der Waals surface area contributed by atoms with Gasteiger partial charge < -0.3 is 10.6 Å². The first-order valence-corrected chi connectivity index (χ1v) is 12.0. The molecular formula is C27H39N3O3. The Morgan fingerprint density at radius 2 is 1.76 bits per heavy atom. The molecule has 6 heteroatoms. The van der Waals surface area contributed by atoms with Crippen molar-refractivity contribution in [1.82, 2.24) is 10.8 Å². The Labute approximate surface area is 198 Å². The van der Waals surface area contributed by atoms with Gasteiger partial charge in [0.2, 0.25) is 12.3 Å². The van der Waals surface area contributed by atoms with Crippen molar-refractivity contribution in [3.8, 4) is 11.1 Å². The molecule has 1 saturated heterocycles. The van der Waals surface area contributed by atoms with Gasteiger partial charge in [0.25, 0.3) is 0 Å². The van der Waals surface area contributed by atoms with Crippen LogP contribution in [0.5, 0.6) is 0 Å². The molecule has 2 amide bonds. The molecule has 6 nitrogen and oxygen atoms in total. The topological polar surface area (TPSA) is 90.5 Å². The summed E-state index contributed by atoms with van der Waals surface area (Å²) >= 11 is 0. The highest BCUT2D eigenvalue weighted by atomic mass is 16.5. The molecule has 2 aromatic rings. The van der Waals surface area contributed by atoms with Crippen LogP contribution >= 0.6 is 0 Å². The van der Waals surface area contributed by atoms with Crippen LogP contribution in [-0.4, -0.2) is 30.6 Å². The smallest absolute Gasteiger partial charge is 0.246 e. The lowest BCUT2D eigenvalue weighted by Gasteiger charge is -2.29. The third-order valence-electron chi connectivity index (χ3n) is 6.29. The summed E-state index contributed by atoms with van der Waals surface area (Å²) in [5, 5.41) is 14.8. The van der Waals surface area contributed by atoms with Gasteiger partial charge in [-0.15, -0.1) is 0 Å². The van der Waals surface area contributed by atoms with Crippen molar-refractivity contribution in [2.75, 3.05) is 18.4 Å². The predicted molar refractivity (Wildman–Crippen MR) is 134 cm³/mol. The zero-order valence-corrected chi connectivity index (χ0v) is 20.4. The quantitative estimate of drug-likeness (QED) is 0.299. The summed E-state index contributed by atoms with van der Waals surface area (Å²) in [6, 6.07) is 13.9. The molecular weight excluding hydrogens is 414 g/mol. The van der Waals surface area contributed by atoms with Gasteiger partial charge in [-0.25, -0.2) is 5.48 Å². The number of aryl methyl sites for hydroxylation is 1. The van der Waals surface area contributed by atoms with E-state index in [1.807, 2.05) is 50.2 Å². The van der Waals surface area contributed by atoms with E-state index in [0.29, 0.717) is 18.2 Å². The minimum absolute atomic E-state index is 0.168. The molecule has 1 heterocycles. The summed E-state index contributed by atoms with van der Waals surface area (Å²) in [4.78, 5) is 22.1. The van der Waals surface area contributed by atoms with Crippen LogP contribution in [0, 0.1) is 11.3 Å². The maximum absolute atomic E-state index is 11.6. The predicted octanol–water partition coefficient (Wildman–Crippen LogP) is 4.95. The lowest BCUT2D eigenvalue weighted by molar-refractivity contribution is -0.133. The molecule has 1 fully saturated rings. The van der Waals surface area contributed by atoms with E-state index in [9.17, 15) is 9.59 Å². The Hall–Kier alpha value is -2.70. The molecule has 0 spiro atoms. The molecule has 0 aromatic heterocycles. The maximum Gasteiger partial charge on any atom is 0.246 e. The number of hydrogen-bond acceptors (Lipinski definition) is 4. The van der Waals surface area contributed by atoms with Gasteiger partial charge in [-0.3, -0.25) is 14.8 Å². The highest BCUT2D eigenvalue weighted by molar-refractivity contribution is 5.79. The fourth-order valence-electron chi connectivity index (χ4n) is 4.21. The number of rotatable bonds is 4. The van der Waals surface area contributed by atoms with Crippen molar-refractivity contribution in [3.05, 3.63) is 53.6 Å². The minimum atomic E-state index is -0.313. The average molecular weight is 454 g/mol. The number of anilines is 1. The zero-order valence-electron chi connectivity index (χ0n) is 20.4. The van der Waals surface area contributed by atoms with Gasteiger partial charge >= 0.3 is 0 Å². The minimum Gasteiger partial charge on any atom is -0.329 e. The van der Waals surface area contributed by atoms with E-state index in [-0.39, 0.29) is 11.8 Å². The van der Waals surface area contributed by atoms with Crippen molar-refractivity contribution >= 4 is 18.0 Å². The van der Waals surface area contributed by atoms with Crippen molar-refractivity contribution in [1.29, 1.82) is 0 Å². The molecule has 4 rings (SSSR count). The molecule has 33 heavy (non-hydrogen) atoms. The molecule has 0 bridgehead atoms. The van der Waals surface area contributed by atoms with Gasteiger partial charge in [-0.2, -0.15) is 0 Å². The van der Waals surface area contributed by atoms with E-state index in [1.54, 1.807) is 5.48 Å². The monoisotopic (exact) mass is 453 g/mol. The Balaban J connectivity index is 0.000000323. The number of hydrogen-bond donors (Lipinski definition) is 4. The normalized spacial score (nSPS) is 18.3. The average Bonchev–Trinajstić information content (AvgIpc) is 2.85. The van der Waals surface area contributed by atoms with E-state index < -0.39 is 0 Å². The standard InChI is InChI=1S/C18H18N2O3.C7H15N.C2H6/c21-11-19-17-3-1-2-12(10-17)13-4-5-15-9-16(18(22)20-23)7-6-14(15)8-13;1-7(2)3-5-8-6-4-7;1-2/h1-5,8,10-11,16,23H,6-7,9H2,(H,19,21)(H,20,22);8H,3-6H2,1-2H3;1-2H3. The molecule has 1 aliphatic heterocycles. The van der Waals surface area contributed by atoms with Gasteiger partial charge in [-0.1, -0.05) is 58.0 Å². The highest BCUT2D eigenvalue weighted by Gasteiger charge is 2.24. The van der Waals surface area contributed by atoms with Gasteiger partial charge in [0, 0.05) is 11.6 Å². The number of benzene rings is 2. The molecule has 0 radical (unpaired) electrons. The number of hydroxylamine groups is 1. The third-order valence-corrected chi connectivity index (χ3v) is 6.29. The molecule has 1 aliphatic carbocycles. The van der Waals surface area contributed by atoms with Gasteiger partial charge in [0.1, 0.15) is 0 Å². The van der Waals surface area contributed by atoms with Crippen LogP contribution in [0.2, 0.25) is 0 Å². The number of fused-ring (bicyclic) bond motifs is 1. The molecule has 1 unspecified atom stereocenters. The fourth-order valence-corrected chi connectivity index (χ4v) is 4.21. The summed E-state index contributed by atoms with van der Waals surface area (Å²) in [6.45, 7) is 11.1. The van der Waals surface area contributed by atoms with Crippen LogP contribution in [0.1, 0.15) is 58.1 Å². The maximum atomic E-state index is 11.6. The fraction of sp³-hybridized carbons (Fsp3) is 0.481. The Morgan fingerprint density at radius 3 is 2.36 bits per heavy atom. The Kier molecular flexibility index (Phi) is 10.6. The van der Waals surface area contributed by atoms with Crippen LogP contribution in [0.4, 0.5) is 5.69 Å². The summed E-state index contributed by atoms with van der Waals surface area (Å²) < 4.78 is 0. The number of nitrogens with one attached hydrogen (secondary N) is 3. The number of amides is 2. The molecule has 2 aliphatic rings. The largest absolute Gasteiger partial charge is 0.329 e. The van der Waals surface area contributed by atoms with Crippen LogP contribution in [0.3, 0.4) is 0 Å².